The van der Waals surface area contributed by atoms with Crippen LogP contribution in [0.5, 0.6) is 0 Å². The standard InChI is InChI=1S/C19H27FN2O/c1-14-6-2-5-9-18(14)21-19(23)13-22(16-10-11-16)12-15-7-3-4-8-17(15)20/h3-4,7-8,14,16,18H,2,5-6,9-13H2,1H3,(H,21,23)/p+1/t14-,18-/m1/s1. The maximum absolute atomic E-state index is 13.9. The third-order valence-corrected chi connectivity index (χ3v) is 5.38. The highest BCUT2D eigenvalue weighted by molar-refractivity contribution is 5.77. The first-order valence-corrected chi connectivity index (χ1v) is 9.01. The van der Waals surface area contributed by atoms with Crippen molar-refractivity contribution >= 4 is 5.91 Å². The van der Waals surface area contributed by atoms with E-state index in [1.165, 1.54) is 30.2 Å². The maximum Gasteiger partial charge on any atom is 0.275 e. The molecule has 0 bridgehead atoms. The van der Waals surface area contributed by atoms with E-state index in [4.69, 9.17) is 0 Å². The van der Waals surface area contributed by atoms with Crippen LogP contribution >= 0.6 is 0 Å². The minimum Gasteiger partial charge on any atom is -0.348 e. The first-order valence-electron chi connectivity index (χ1n) is 9.01. The van der Waals surface area contributed by atoms with Crippen molar-refractivity contribution in [3.8, 4) is 0 Å². The Morgan fingerprint density at radius 1 is 1.22 bits per heavy atom. The number of halogens is 1. The predicted octanol–water partition coefficient (Wildman–Crippen LogP) is 2.07. The lowest BCUT2D eigenvalue weighted by Crippen LogP contribution is -3.13. The van der Waals surface area contributed by atoms with Crippen LogP contribution in [0.2, 0.25) is 0 Å². The molecule has 0 spiro atoms. The van der Waals surface area contributed by atoms with Crippen LogP contribution < -0.4 is 10.2 Å². The van der Waals surface area contributed by atoms with Crippen LogP contribution in [0, 0.1) is 11.7 Å². The first-order chi connectivity index (χ1) is 11.1. The Morgan fingerprint density at radius 2 is 1.96 bits per heavy atom. The summed E-state index contributed by atoms with van der Waals surface area (Å²) in [4.78, 5) is 13.7. The van der Waals surface area contributed by atoms with Gasteiger partial charge in [-0.2, -0.15) is 0 Å². The molecule has 2 aliphatic rings. The number of benzene rings is 1. The molecule has 3 nitrogen and oxygen atoms in total. The largest absolute Gasteiger partial charge is 0.348 e. The van der Waals surface area contributed by atoms with Crippen molar-refractivity contribution in [3.63, 3.8) is 0 Å². The second kappa shape index (κ2) is 7.43. The molecule has 126 valence electrons. The summed E-state index contributed by atoms with van der Waals surface area (Å²) in [5.41, 5.74) is 0.716. The van der Waals surface area contributed by atoms with Gasteiger partial charge < -0.3 is 10.2 Å². The van der Waals surface area contributed by atoms with Crippen LogP contribution in [-0.2, 0) is 11.3 Å². The number of hydrogen-bond acceptors (Lipinski definition) is 1. The number of nitrogens with one attached hydrogen (secondary N) is 2. The van der Waals surface area contributed by atoms with Crippen molar-refractivity contribution < 1.29 is 14.1 Å². The van der Waals surface area contributed by atoms with E-state index in [1.807, 2.05) is 12.1 Å². The van der Waals surface area contributed by atoms with E-state index in [0.29, 0.717) is 36.7 Å². The molecule has 0 heterocycles. The molecule has 2 fully saturated rings. The SMILES string of the molecule is C[C@@H]1CCCC[C@H]1NC(=O)C[NH+](Cc1ccccc1F)C1CC1. The summed E-state index contributed by atoms with van der Waals surface area (Å²) >= 11 is 0. The maximum atomic E-state index is 13.9. The van der Waals surface area contributed by atoms with Crippen LogP contribution in [0.3, 0.4) is 0 Å². The highest BCUT2D eigenvalue weighted by Crippen LogP contribution is 2.23. The quantitative estimate of drug-likeness (QED) is 0.827. The molecule has 3 rings (SSSR count). The zero-order valence-electron chi connectivity index (χ0n) is 14.0. The van der Waals surface area contributed by atoms with E-state index in [-0.39, 0.29) is 11.7 Å². The van der Waals surface area contributed by atoms with E-state index >= 15 is 0 Å². The first kappa shape index (κ1) is 16.4. The van der Waals surface area contributed by atoms with Gasteiger partial charge in [0.25, 0.3) is 5.91 Å². The summed E-state index contributed by atoms with van der Waals surface area (Å²) in [5, 5.41) is 3.23. The highest BCUT2D eigenvalue weighted by Gasteiger charge is 2.35. The molecule has 2 aliphatic carbocycles. The van der Waals surface area contributed by atoms with Crippen molar-refractivity contribution in [1.82, 2.24) is 5.32 Å². The smallest absolute Gasteiger partial charge is 0.275 e. The summed E-state index contributed by atoms with van der Waals surface area (Å²) < 4.78 is 13.9. The Balaban J connectivity index is 1.57. The molecule has 1 unspecified atom stereocenters. The molecule has 2 N–H and O–H groups in total. The van der Waals surface area contributed by atoms with Crippen LogP contribution in [0.15, 0.2) is 24.3 Å². The number of rotatable bonds is 6. The Labute approximate surface area is 138 Å². The van der Waals surface area contributed by atoms with Gasteiger partial charge in [-0.15, -0.1) is 0 Å². The summed E-state index contributed by atoms with van der Waals surface area (Å²) in [7, 11) is 0. The average Bonchev–Trinajstić information content (AvgIpc) is 3.36. The predicted molar refractivity (Wildman–Crippen MR) is 88.5 cm³/mol. The molecule has 0 radical (unpaired) electrons. The van der Waals surface area contributed by atoms with Gasteiger partial charge in [0.1, 0.15) is 12.4 Å². The fraction of sp³-hybridized carbons (Fsp3) is 0.632. The lowest BCUT2D eigenvalue weighted by molar-refractivity contribution is -0.917. The summed E-state index contributed by atoms with van der Waals surface area (Å²) in [6.07, 6.45) is 7.09. The number of amides is 1. The van der Waals surface area contributed by atoms with Crippen LogP contribution in [0.4, 0.5) is 4.39 Å². The minimum atomic E-state index is -0.160. The van der Waals surface area contributed by atoms with Gasteiger partial charge in [0.15, 0.2) is 6.54 Å². The molecule has 1 amide bonds. The fourth-order valence-electron chi connectivity index (χ4n) is 3.72. The van der Waals surface area contributed by atoms with E-state index in [0.717, 1.165) is 19.3 Å². The van der Waals surface area contributed by atoms with Gasteiger partial charge in [-0.25, -0.2) is 4.39 Å². The zero-order valence-corrected chi connectivity index (χ0v) is 14.0. The van der Waals surface area contributed by atoms with Gasteiger partial charge in [0.05, 0.1) is 6.04 Å². The van der Waals surface area contributed by atoms with E-state index < -0.39 is 0 Å². The second-order valence-corrected chi connectivity index (χ2v) is 7.31. The second-order valence-electron chi connectivity index (χ2n) is 7.31. The third-order valence-electron chi connectivity index (χ3n) is 5.38. The molecule has 0 aromatic heterocycles. The van der Waals surface area contributed by atoms with Gasteiger partial charge >= 0.3 is 0 Å². The molecular weight excluding hydrogens is 291 g/mol. The van der Waals surface area contributed by atoms with Crippen molar-refractivity contribution in [2.45, 2.75) is 64.1 Å². The lowest BCUT2D eigenvalue weighted by atomic mass is 9.86. The Bertz CT molecular complexity index is 544. The van der Waals surface area contributed by atoms with E-state index in [1.54, 1.807) is 6.07 Å². The summed E-state index contributed by atoms with van der Waals surface area (Å²) in [6.45, 7) is 3.29. The molecule has 23 heavy (non-hydrogen) atoms. The minimum absolute atomic E-state index is 0.127. The van der Waals surface area contributed by atoms with Crippen molar-refractivity contribution in [2.24, 2.45) is 5.92 Å². The van der Waals surface area contributed by atoms with Crippen LogP contribution in [-0.4, -0.2) is 24.5 Å². The zero-order chi connectivity index (χ0) is 16.2. The van der Waals surface area contributed by atoms with E-state index in [9.17, 15) is 9.18 Å². The molecule has 3 atom stereocenters. The molecule has 1 aromatic carbocycles. The van der Waals surface area contributed by atoms with E-state index in [2.05, 4.69) is 12.2 Å². The number of hydrogen-bond donors (Lipinski definition) is 2. The topological polar surface area (TPSA) is 33.5 Å². The number of quaternary nitrogens is 1. The van der Waals surface area contributed by atoms with Gasteiger partial charge in [0, 0.05) is 24.4 Å². The van der Waals surface area contributed by atoms with Crippen molar-refractivity contribution in [3.05, 3.63) is 35.6 Å². The normalized spacial score (nSPS) is 25.8. The molecule has 0 aliphatic heterocycles. The molecule has 2 saturated carbocycles. The third kappa shape index (κ3) is 4.54. The highest BCUT2D eigenvalue weighted by atomic mass is 19.1. The lowest BCUT2D eigenvalue weighted by Gasteiger charge is -2.30. The molecule has 4 heteroatoms. The van der Waals surface area contributed by atoms with Crippen molar-refractivity contribution in [1.29, 1.82) is 0 Å². The van der Waals surface area contributed by atoms with Crippen LogP contribution in [0.25, 0.3) is 0 Å². The van der Waals surface area contributed by atoms with Gasteiger partial charge in [-0.3, -0.25) is 4.79 Å². The van der Waals surface area contributed by atoms with Crippen LogP contribution in [0.1, 0.15) is 51.0 Å². The molecular formula is C19H28FN2O+. The van der Waals surface area contributed by atoms with Gasteiger partial charge in [-0.1, -0.05) is 38.0 Å². The molecule has 0 saturated heterocycles. The average molecular weight is 319 g/mol. The summed E-state index contributed by atoms with van der Waals surface area (Å²) in [5.74, 6) is 0.539. The van der Waals surface area contributed by atoms with Gasteiger partial charge in [-0.05, 0) is 24.8 Å². The fourth-order valence-corrected chi connectivity index (χ4v) is 3.72. The Morgan fingerprint density at radius 3 is 2.65 bits per heavy atom. The summed E-state index contributed by atoms with van der Waals surface area (Å²) in [6, 6.07) is 7.76. The van der Waals surface area contributed by atoms with Gasteiger partial charge in [0.2, 0.25) is 0 Å². The Hall–Kier alpha value is -1.42. The monoisotopic (exact) mass is 319 g/mol. The Kier molecular flexibility index (Phi) is 5.31. The molecule has 1 aromatic rings. The van der Waals surface area contributed by atoms with Crippen molar-refractivity contribution in [2.75, 3.05) is 6.54 Å². The number of carbonyl (C=O) groups is 1. The number of carbonyl (C=O) groups excluding carboxylic acids is 1.